The van der Waals surface area contributed by atoms with Crippen molar-refractivity contribution < 1.29 is 14.3 Å². The summed E-state index contributed by atoms with van der Waals surface area (Å²) < 4.78 is 5.67. The molecule has 1 N–H and O–H groups in total. The van der Waals surface area contributed by atoms with E-state index in [2.05, 4.69) is 5.32 Å². The molecule has 6 heteroatoms. The average molecular weight is 349 g/mol. The molecule has 26 heavy (non-hydrogen) atoms. The van der Waals surface area contributed by atoms with Crippen molar-refractivity contribution in [2.75, 3.05) is 16.8 Å². The Morgan fingerprint density at radius 1 is 1.23 bits per heavy atom. The normalized spacial score (nSPS) is 14.6. The number of ether oxygens (including phenoxy) is 1. The number of para-hydroxylation sites is 1. The zero-order chi connectivity index (χ0) is 18.5. The number of anilines is 2. The number of hydrogen-bond donors (Lipinski definition) is 1. The second-order valence-corrected chi connectivity index (χ2v) is 6.05. The van der Waals surface area contributed by atoms with Crippen molar-refractivity contribution in [3.8, 4) is 11.8 Å². The Hall–Kier alpha value is -3.33. The summed E-state index contributed by atoms with van der Waals surface area (Å²) in [7, 11) is 0. The molecule has 0 spiro atoms. The van der Waals surface area contributed by atoms with E-state index in [9.17, 15) is 9.59 Å². The van der Waals surface area contributed by atoms with Gasteiger partial charge in [-0.05, 0) is 49.7 Å². The van der Waals surface area contributed by atoms with Gasteiger partial charge in [0.05, 0.1) is 11.3 Å². The van der Waals surface area contributed by atoms with E-state index >= 15 is 0 Å². The van der Waals surface area contributed by atoms with Crippen LogP contribution in [0.1, 0.15) is 25.3 Å². The van der Waals surface area contributed by atoms with E-state index in [1.54, 1.807) is 48.2 Å². The molecule has 3 rings (SSSR count). The van der Waals surface area contributed by atoms with Crippen LogP contribution in [0.4, 0.5) is 11.4 Å². The Morgan fingerprint density at radius 2 is 1.96 bits per heavy atom. The van der Waals surface area contributed by atoms with Crippen LogP contribution < -0.4 is 15.0 Å². The monoisotopic (exact) mass is 349 g/mol. The Labute approximate surface area is 152 Å². The molecule has 0 bridgehead atoms. The lowest BCUT2D eigenvalue weighted by Gasteiger charge is -2.18. The summed E-state index contributed by atoms with van der Waals surface area (Å²) >= 11 is 0. The van der Waals surface area contributed by atoms with Gasteiger partial charge in [0.1, 0.15) is 11.8 Å². The number of benzene rings is 2. The van der Waals surface area contributed by atoms with Crippen molar-refractivity contribution in [3.63, 3.8) is 0 Å². The van der Waals surface area contributed by atoms with Crippen LogP contribution in [0.5, 0.6) is 5.75 Å². The number of rotatable bonds is 5. The van der Waals surface area contributed by atoms with E-state index in [0.29, 0.717) is 23.4 Å². The Kier molecular flexibility index (Phi) is 5.18. The summed E-state index contributed by atoms with van der Waals surface area (Å²) in [6, 6.07) is 16.0. The number of nitriles is 1. The predicted octanol–water partition coefficient (Wildman–Crippen LogP) is 3.09. The minimum Gasteiger partial charge on any atom is -0.481 e. The van der Waals surface area contributed by atoms with Gasteiger partial charge in [-0.25, -0.2) is 0 Å². The topological polar surface area (TPSA) is 82.4 Å². The Bertz CT molecular complexity index is 855. The molecule has 0 unspecified atom stereocenters. The molecule has 2 amide bonds. The average Bonchev–Trinajstić information content (AvgIpc) is 3.08. The third kappa shape index (κ3) is 3.83. The van der Waals surface area contributed by atoms with Crippen LogP contribution >= 0.6 is 0 Å². The molecule has 0 saturated carbocycles. The van der Waals surface area contributed by atoms with Crippen LogP contribution in [-0.2, 0) is 9.59 Å². The number of carbonyl (C=O) groups is 2. The second-order valence-electron chi connectivity index (χ2n) is 6.05. The molecular formula is C20H19N3O3. The fourth-order valence-corrected chi connectivity index (χ4v) is 2.81. The molecule has 1 aliphatic rings. The van der Waals surface area contributed by atoms with Crippen LogP contribution in [0.3, 0.4) is 0 Å². The first-order valence-corrected chi connectivity index (χ1v) is 8.45. The first kappa shape index (κ1) is 17.5. The molecular weight excluding hydrogens is 330 g/mol. The predicted molar refractivity (Wildman–Crippen MR) is 97.9 cm³/mol. The van der Waals surface area contributed by atoms with Gasteiger partial charge in [0.15, 0.2) is 6.10 Å². The van der Waals surface area contributed by atoms with Gasteiger partial charge in [-0.3, -0.25) is 9.59 Å². The van der Waals surface area contributed by atoms with E-state index in [0.717, 1.165) is 18.7 Å². The first-order chi connectivity index (χ1) is 12.6. The summed E-state index contributed by atoms with van der Waals surface area (Å²) in [6.45, 7) is 2.37. The zero-order valence-electron chi connectivity index (χ0n) is 14.4. The molecule has 6 nitrogen and oxygen atoms in total. The highest BCUT2D eigenvalue weighted by atomic mass is 16.5. The first-order valence-electron chi connectivity index (χ1n) is 8.45. The van der Waals surface area contributed by atoms with E-state index in [4.69, 9.17) is 10.00 Å². The summed E-state index contributed by atoms with van der Waals surface area (Å²) in [5.41, 5.74) is 1.69. The quantitative estimate of drug-likeness (QED) is 0.899. The maximum Gasteiger partial charge on any atom is 0.265 e. The van der Waals surface area contributed by atoms with Gasteiger partial charge in [-0.1, -0.05) is 12.1 Å². The summed E-state index contributed by atoms with van der Waals surface area (Å²) in [6.07, 6.45) is 0.721. The largest absolute Gasteiger partial charge is 0.481 e. The summed E-state index contributed by atoms with van der Waals surface area (Å²) in [5.74, 6) is 0.325. The van der Waals surface area contributed by atoms with Gasteiger partial charge >= 0.3 is 0 Å². The fourth-order valence-electron chi connectivity index (χ4n) is 2.81. The van der Waals surface area contributed by atoms with Crippen LogP contribution in [0.2, 0.25) is 0 Å². The molecule has 1 heterocycles. The van der Waals surface area contributed by atoms with Crippen molar-refractivity contribution in [2.45, 2.75) is 25.9 Å². The standard InChI is InChI=1S/C20H19N3O3/c1-14(20(25)22-18-6-3-2-5-15(18)13-21)26-17-10-8-16(9-11-17)23-12-4-7-19(23)24/h2-3,5-6,8-11,14H,4,7,12H2,1H3,(H,22,25)/t14-/m0/s1. The van der Waals surface area contributed by atoms with Crippen LogP contribution in [0, 0.1) is 11.3 Å². The molecule has 1 saturated heterocycles. The highest BCUT2D eigenvalue weighted by Crippen LogP contribution is 2.24. The number of amides is 2. The van der Waals surface area contributed by atoms with E-state index < -0.39 is 6.10 Å². The van der Waals surface area contributed by atoms with Crippen LogP contribution in [0.25, 0.3) is 0 Å². The summed E-state index contributed by atoms with van der Waals surface area (Å²) in [5, 5.41) is 11.8. The minimum absolute atomic E-state index is 0.127. The van der Waals surface area contributed by atoms with Crippen molar-refractivity contribution in [1.82, 2.24) is 0 Å². The van der Waals surface area contributed by atoms with Gasteiger partial charge in [-0.2, -0.15) is 5.26 Å². The molecule has 0 radical (unpaired) electrons. The smallest absolute Gasteiger partial charge is 0.265 e. The summed E-state index contributed by atoms with van der Waals surface area (Å²) in [4.78, 5) is 25.8. The van der Waals surface area contributed by atoms with Gasteiger partial charge in [0, 0.05) is 18.7 Å². The Balaban J connectivity index is 1.62. The van der Waals surface area contributed by atoms with Crippen molar-refractivity contribution >= 4 is 23.2 Å². The third-order valence-corrected chi connectivity index (χ3v) is 4.21. The van der Waals surface area contributed by atoms with Gasteiger partial charge in [-0.15, -0.1) is 0 Å². The molecule has 2 aromatic rings. The molecule has 0 aromatic heterocycles. The fraction of sp³-hybridized carbons (Fsp3) is 0.250. The van der Waals surface area contributed by atoms with Gasteiger partial charge in [0.2, 0.25) is 5.91 Å². The minimum atomic E-state index is -0.735. The van der Waals surface area contributed by atoms with Gasteiger partial charge in [0.25, 0.3) is 5.91 Å². The van der Waals surface area contributed by atoms with E-state index in [1.165, 1.54) is 0 Å². The van der Waals surface area contributed by atoms with Crippen LogP contribution in [-0.4, -0.2) is 24.5 Å². The highest BCUT2D eigenvalue weighted by molar-refractivity contribution is 5.96. The van der Waals surface area contributed by atoms with Crippen molar-refractivity contribution in [3.05, 3.63) is 54.1 Å². The zero-order valence-corrected chi connectivity index (χ0v) is 14.4. The van der Waals surface area contributed by atoms with E-state index in [1.807, 2.05) is 18.2 Å². The third-order valence-electron chi connectivity index (χ3n) is 4.21. The number of nitrogens with one attached hydrogen (secondary N) is 1. The number of nitrogens with zero attached hydrogens (tertiary/aromatic N) is 2. The second kappa shape index (κ2) is 7.70. The maximum absolute atomic E-state index is 12.3. The van der Waals surface area contributed by atoms with E-state index in [-0.39, 0.29) is 11.8 Å². The lowest BCUT2D eigenvalue weighted by atomic mass is 10.2. The number of carbonyl (C=O) groups excluding carboxylic acids is 2. The lowest BCUT2D eigenvalue weighted by molar-refractivity contribution is -0.122. The SMILES string of the molecule is C[C@H](Oc1ccc(N2CCCC2=O)cc1)C(=O)Nc1ccccc1C#N. The maximum atomic E-state index is 12.3. The van der Waals surface area contributed by atoms with Crippen molar-refractivity contribution in [1.29, 1.82) is 5.26 Å². The molecule has 132 valence electrons. The highest BCUT2D eigenvalue weighted by Gasteiger charge is 2.22. The number of hydrogen-bond acceptors (Lipinski definition) is 4. The molecule has 1 fully saturated rings. The molecule has 1 atom stereocenters. The van der Waals surface area contributed by atoms with Crippen LogP contribution in [0.15, 0.2) is 48.5 Å². The Morgan fingerprint density at radius 3 is 2.62 bits per heavy atom. The lowest BCUT2D eigenvalue weighted by Crippen LogP contribution is -2.30. The van der Waals surface area contributed by atoms with Crippen molar-refractivity contribution in [2.24, 2.45) is 0 Å². The molecule has 2 aromatic carbocycles. The molecule has 0 aliphatic carbocycles. The molecule has 1 aliphatic heterocycles. The van der Waals surface area contributed by atoms with Gasteiger partial charge < -0.3 is 15.0 Å².